The van der Waals surface area contributed by atoms with Gasteiger partial charge in [0.25, 0.3) is 0 Å². The van der Waals surface area contributed by atoms with Crippen LogP contribution < -0.4 is 0 Å². The number of hydrogen-bond donors (Lipinski definition) is 0. The molecule has 1 amide bonds. The van der Waals surface area contributed by atoms with Gasteiger partial charge in [-0.2, -0.15) is 5.26 Å². The average Bonchev–Trinajstić information content (AvgIpc) is 2.54. The average molecular weight is 317 g/mol. The van der Waals surface area contributed by atoms with E-state index in [1.807, 2.05) is 6.07 Å². The van der Waals surface area contributed by atoms with Gasteiger partial charge in [-0.05, 0) is 43.0 Å². The van der Waals surface area contributed by atoms with Crippen LogP contribution in [0.2, 0.25) is 5.02 Å². The van der Waals surface area contributed by atoms with E-state index in [1.54, 1.807) is 35.2 Å². The second kappa shape index (κ2) is 7.77. The van der Waals surface area contributed by atoms with Crippen molar-refractivity contribution in [2.45, 2.75) is 19.3 Å². The van der Waals surface area contributed by atoms with Crippen LogP contribution in [-0.4, -0.2) is 29.7 Å². The first-order chi connectivity index (χ1) is 10.6. The van der Waals surface area contributed by atoms with E-state index in [2.05, 4.69) is 0 Å². The van der Waals surface area contributed by atoms with Crippen LogP contribution in [0.1, 0.15) is 24.8 Å². The molecule has 4 nitrogen and oxygen atoms in total. The fraction of sp³-hybridized carbons (Fsp3) is 0.353. The van der Waals surface area contributed by atoms with E-state index in [9.17, 15) is 9.59 Å². The second-order valence-electron chi connectivity index (χ2n) is 5.24. The molecule has 1 saturated heterocycles. The van der Waals surface area contributed by atoms with Crippen molar-refractivity contribution in [2.75, 3.05) is 13.1 Å². The summed E-state index contributed by atoms with van der Waals surface area (Å²) in [7, 11) is 0. The van der Waals surface area contributed by atoms with Gasteiger partial charge in [-0.1, -0.05) is 29.8 Å². The topological polar surface area (TPSA) is 61.2 Å². The quantitative estimate of drug-likeness (QED) is 0.633. The van der Waals surface area contributed by atoms with Crippen LogP contribution in [0, 0.1) is 17.2 Å². The maximum atomic E-state index is 12.3. The summed E-state index contributed by atoms with van der Waals surface area (Å²) in [6.07, 6.45) is 5.79. The number of hydrogen-bond acceptors (Lipinski definition) is 3. The van der Waals surface area contributed by atoms with Crippen LogP contribution in [-0.2, 0) is 9.59 Å². The molecule has 0 saturated carbocycles. The van der Waals surface area contributed by atoms with Gasteiger partial charge in [-0.3, -0.25) is 9.59 Å². The predicted octanol–water partition coefficient (Wildman–Crippen LogP) is 3.07. The Labute approximate surface area is 135 Å². The molecule has 22 heavy (non-hydrogen) atoms. The molecule has 0 radical (unpaired) electrons. The third-order valence-electron chi connectivity index (χ3n) is 3.62. The van der Waals surface area contributed by atoms with Crippen LogP contribution in [0.4, 0.5) is 0 Å². The minimum absolute atomic E-state index is 0.386. The first kappa shape index (κ1) is 16.3. The summed E-state index contributed by atoms with van der Waals surface area (Å²) in [5.41, 5.74) is 0.753. The molecule has 0 aromatic heterocycles. The number of allylic oxidation sites excluding steroid dienone is 1. The molecule has 1 aliphatic heterocycles. The van der Waals surface area contributed by atoms with Gasteiger partial charge in [0.1, 0.15) is 0 Å². The van der Waals surface area contributed by atoms with Gasteiger partial charge in [-0.25, -0.2) is 0 Å². The van der Waals surface area contributed by atoms with Gasteiger partial charge >= 0.3 is 0 Å². The molecule has 1 heterocycles. The Balaban J connectivity index is 2.05. The first-order valence-electron chi connectivity index (χ1n) is 7.27. The van der Waals surface area contributed by atoms with Crippen LogP contribution in [0.5, 0.6) is 0 Å². The van der Waals surface area contributed by atoms with E-state index in [4.69, 9.17) is 16.9 Å². The lowest BCUT2D eigenvalue weighted by molar-refractivity contribution is -0.138. The van der Waals surface area contributed by atoms with Crippen LogP contribution in [0.15, 0.2) is 30.3 Å². The van der Waals surface area contributed by atoms with E-state index in [0.717, 1.165) is 24.8 Å². The number of nitrogens with zero attached hydrogens (tertiary/aromatic N) is 2. The van der Waals surface area contributed by atoms with Crippen molar-refractivity contribution >= 4 is 29.4 Å². The Morgan fingerprint density at radius 1 is 1.27 bits per heavy atom. The fourth-order valence-electron chi connectivity index (χ4n) is 2.42. The summed E-state index contributed by atoms with van der Waals surface area (Å²) < 4.78 is 0. The number of carbonyl (C=O) groups excluding carboxylic acids is 2. The van der Waals surface area contributed by atoms with Crippen molar-refractivity contribution in [3.05, 3.63) is 40.9 Å². The van der Waals surface area contributed by atoms with E-state index in [-0.39, 0.29) is 5.91 Å². The lowest BCUT2D eigenvalue weighted by Crippen LogP contribution is -2.41. The largest absolute Gasteiger partial charge is 0.341 e. The summed E-state index contributed by atoms with van der Waals surface area (Å²) in [6, 6.07) is 8.84. The summed E-state index contributed by atoms with van der Waals surface area (Å²) >= 11 is 5.87. The molecule has 5 heteroatoms. The van der Waals surface area contributed by atoms with Gasteiger partial charge in [-0.15, -0.1) is 0 Å². The molecule has 1 fully saturated rings. The molecule has 0 aliphatic carbocycles. The third-order valence-corrected chi connectivity index (χ3v) is 3.85. The molecule has 0 spiro atoms. The molecule has 1 atom stereocenters. The number of carbonyl (C=O) groups is 2. The van der Waals surface area contributed by atoms with Gasteiger partial charge in [0.05, 0.1) is 6.07 Å². The van der Waals surface area contributed by atoms with Gasteiger partial charge < -0.3 is 4.90 Å². The number of amides is 1. The Hall–Kier alpha value is -2.12. The normalized spacial score (nSPS) is 16.3. The summed E-state index contributed by atoms with van der Waals surface area (Å²) in [6.45, 7) is 1.25. The highest BCUT2D eigenvalue weighted by Gasteiger charge is 2.29. The molecule has 1 aliphatic rings. The van der Waals surface area contributed by atoms with Crippen molar-refractivity contribution in [2.24, 2.45) is 5.92 Å². The summed E-state index contributed by atoms with van der Waals surface area (Å²) in [5.74, 6) is -2.13. The fourth-order valence-corrected chi connectivity index (χ4v) is 2.62. The van der Waals surface area contributed by atoms with Gasteiger partial charge in [0.15, 0.2) is 11.7 Å². The molecular weight excluding hydrogens is 300 g/mol. The highest BCUT2D eigenvalue weighted by atomic mass is 35.5. The number of ketones is 1. The Kier molecular flexibility index (Phi) is 5.74. The lowest BCUT2D eigenvalue weighted by atomic mass is 10.0. The lowest BCUT2D eigenvalue weighted by Gasteiger charge is -2.27. The zero-order valence-electron chi connectivity index (χ0n) is 12.2. The van der Waals surface area contributed by atoms with E-state index in [1.165, 1.54) is 6.08 Å². The SMILES string of the molecule is N#C[C@@H](C(=O)/C=C\c1cccc(Cl)c1)C(=O)N1CCCCC1. The van der Waals surface area contributed by atoms with Crippen LogP contribution >= 0.6 is 11.6 Å². The third kappa shape index (κ3) is 4.19. The highest BCUT2D eigenvalue weighted by Crippen LogP contribution is 2.15. The molecule has 0 bridgehead atoms. The Morgan fingerprint density at radius 3 is 2.64 bits per heavy atom. The van der Waals surface area contributed by atoms with Crippen molar-refractivity contribution in [3.8, 4) is 6.07 Å². The maximum Gasteiger partial charge on any atom is 0.247 e. The molecule has 0 N–H and O–H groups in total. The number of likely N-dealkylation sites (tertiary alicyclic amines) is 1. The molecule has 0 unspecified atom stereocenters. The number of nitriles is 1. The number of rotatable bonds is 4. The van der Waals surface area contributed by atoms with Crippen molar-refractivity contribution in [1.29, 1.82) is 5.26 Å². The number of halogens is 1. The smallest absolute Gasteiger partial charge is 0.247 e. The standard InChI is InChI=1S/C17H17ClN2O2/c18-14-6-4-5-13(11-14)7-8-16(21)15(12-19)17(22)20-9-2-1-3-10-20/h4-8,11,15H,1-3,9-10H2/b8-7-/t15-/m0/s1. The van der Waals surface area contributed by atoms with Crippen LogP contribution in [0.25, 0.3) is 6.08 Å². The van der Waals surface area contributed by atoms with Gasteiger partial charge in [0.2, 0.25) is 5.91 Å². The predicted molar refractivity (Wildman–Crippen MR) is 85.0 cm³/mol. The Morgan fingerprint density at radius 2 is 2.00 bits per heavy atom. The van der Waals surface area contributed by atoms with Crippen LogP contribution in [0.3, 0.4) is 0 Å². The minimum atomic E-state index is -1.26. The summed E-state index contributed by atoms with van der Waals surface area (Å²) in [4.78, 5) is 26.0. The number of benzene rings is 1. The van der Waals surface area contributed by atoms with E-state index < -0.39 is 11.7 Å². The molecule has 1 aromatic rings. The summed E-state index contributed by atoms with van der Waals surface area (Å²) in [5, 5.41) is 9.73. The minimum Gasteiger partial charge on any atom is -0.341 e. The highest BCUT2D eigenvalue weighted by molar-refractivity contribution is 6.30. The molecule has 1 aromatic carbocycles. The van der Waals surface area contributed by atoms with Crippen molar-refractivity contribution in [1.82, 2.24) is 4.90 Å². The van der Waals surface area contributed by atoms with E-state index >= 15 is 0 Å². The Bertz CT molecular complexity index is 628. The van der Waals surface area contributed by atoms with E-state index in [0.29, 0.717) is 18.1 Å². The second-order valence-corrected chi connectivity index (χ2v) is 5.68. The molecule has 2 rings (SSSR count). The van der Waals surface area contributed by atoms with Crippen molar-refractivity contribution < 1.29 is 9.59 Å². The zero-order valence-corrected chi connectivity index (χ0v) is 12.9. The number of piperidine rings is 1. The maximum absolute atomic E-state index is 12.3. The zero-order chi connectivity index (χ0) is 15.9. The van der Waals surface area contributed by atoms with Gasteiger partial charge in [0, 0.05) is 18.1 Å². The monoisotopic (exact) mass is 316 g/mol. The first-order valence-corrected chi connectivity index (χ1v) is 7.65. The van der Waals surface area contributed by atoms with Crippen molar-refractivity contribution in [3.63, 3.8) is 0 Å². The molecular formula is C17H17ClN2O2. The molecule has 114 valence electrons.